The second-order valence-electron chi connectivity index (χ2n) is 8.26. The van der Waals surface area contributed by atoms with Crippen LogP contribution >= 0.6 is 0 Å². The highest BCUT2D eigenvalue weighted by molar-refractivity contribution is 5.98. The Bertz CT molecular complexity index is 862. The summed E-state index contributed by atoms with van der Waals surface area (Å²) < 4.78 is 28.8. The molecule has 2 amide bonds. The molecule has 0 spiro atoms. The van der Waals surface area contributed by atoms with Crippen LogP contribution in [0.1, 0.15) is 36.7 Å². The van der Waals surface area contributed by atoms with Gasteiger partial charge in [-0.15, -0.1) is 0 Å². The molecule has 0 bridgehead atoms. The predicted molar refractivity (Wildman–Crippen MR) is 112 cm³/mol. The highest BCUT2D eigenvalue weighted by Gasteiger charge is 2.26. The minimum Gasteiger partial charge on any atom is -0.489 e. The molecule has 2 rings (SSSR count). The van der Waals surface area contributed by atoms with E-state index in [1.165, 1.54) is 24.0 Å². The first-order valence-corrected chi connectivity index (χ1v) is 9.88. The monoisotopic (exact) mass is 436 g/mol. The molecule has 0 aliphatic carbocycles. The molecule has 1 heterocycles. The minimum absolute atomic E-state index is 0.0112. The Kier molecular flexibility index (Phi) is 8.01. The molecule has 170 valence electrons. The SMILES string of the molecule is COC(=O)CN1CCc2cc(OC/C(=C\F)CN(C)C(=O)OC(C)(C)C)ccc2C1=O. The number of ether oxygens (including phenoxy) is 3. The Morgan fingerprint density at radius 1 is 1.29 bits per heavy atom. The molecule has 1 aliphatic heterocycles. The summed E-state index contributed by atoms with van der Waals surface area (Å²) in [6, 6.07) is 4.98. The van der Waals surface area contributed by atoms with E-state index in [0.29, 0.717) is 30.6 Å². The molecule has 0 aromatic heterocycles. The van der Waals surface area contributed by atoms with Crippen molar-refractivity contribution in [3.05, 3.63) is 41.2 Å². The lowest BCUT2D eigenvalue weighted by Gasteiger charge is -2.28. The number of nitrogens with zero attached hydrogens (tertiary/aromatic N) is 2. The molecule has 0 fully saturated rings. The van der Waals surface area contributed by atoms with E-state index < -0.39 is 17.7 Å². The quantitative estimate of drug-likeness (QED) is 0.611. The van der Waals surface area contributed by atoms with Crippen LogP contribution in [0.15, 0.2) is 30.1 Å². The third kappa shape index (κ3) is 6.97. The van der Waals surface area contributed by atoms with Crippen molar-refractivity contribution < 1.29 is 33.0 Å². The van der Waals surface area contributed by atoms with Gasteiger partial charge in [0, 0.05) is 24.7 Å². The van der Waals surface area contributed by atoms with Crippen molar-refractivity contribution in [3.8, 4) is 5.75 Å². The fraction of sp³-hybridized carbons (Fsp3) is 0.500. The lowest BCUT2D eigenvalue weighted by atomic mass is 9.98. The molecular formula is C22H29FN2O6. The first kappa shape index (κ1) is 24.2. The minimum atomic E-state index is -0.644. The zero-order valence-corrected chi connectivity index (χ0v) is 18.6. The van der Waals surface area contributed by atoms with Gasteiger partial charge >= 0.3 is 12.1 Å². The summed E-state index contributed by atoms with van der Waals surface area (Å²) in [6.45, 7) is 5.50. The highest BCUT2D eigenvalue weighted by Crippen LogP contribution is 2.24. The topological polar surface area (TPSA) is 85.4 Å². The number of rotatable bonds is 7. The summed E-state index contributed by atoms with van der Waals surface area (Å²) in [5.74, 6) is -0.243. The van der Waals surface area contributed by atoms with Crippen molar-refractivity contribution in [2.24, 2.45) is 0 Å². The van der Waals surface area contributed by atoms with Gasteiger partial charge in [-0.1, -0.05) is 0 Å². The molecular weight excluding hydrogens is 407 g/mol. The van der Waals surface area contributed by atoms with E-state index >= 15 is 0 Å². The van der Waals surface area contributed by atoms with E-state index in [1.54, 1.807) is 39.0 Å². The van der Waals surface area contributed by atoms with E-state index in [4.69, 9.17) is 9.47 Å². The van der Waals surface area contributed by atoms with Crippen molar-refractivity contribution in [2.75, 3.05) is 40.4 Å². The van der Waals surface area contributed by atoms with Gasteiger partial charge in [-0.05, 0) is 51.0 Å². The molecule has 0 saturated heterocycles. The first-order chi connectivity index (χ1) is 14.5. The summed E-state index contributed by atoms with van der Waals surface area (Å²) in [5.41, 5.74) is 0.897. The van der Waals surface area contributed by atoms with E-state index in [9.17, 15) is 18.8 Å². The third-order valence-corrected chi connectivity index (χ3v) is 4.52. The van der Waals surface area contributed by atoms with Crippen molar-refractivity contribution in [2.45, 2.75) is 32.8 Å². The highest BCUT2D eigenvalue weighted by atomic mass is 19.1. The Balaban J connectivity index is 1.96. The standard InChI is InChI=1S/C22H29FN2O6/c1-22(2,3)31-21(28)24(4)12-15(11-23)14-30-17-6-7-18-16(10-17)8-9-25(20(18)27)13-19(26)29-5/h6-7,10-11H,8-9,12-14H2,1-5H3/b15-11-. The molecule has 1 aromatic carbocycles. The normalized spacial score (nSPS) is 14.1. The zero-order chi connectivity index (χ0) is 23.2. The number of likely N-dealkylation sites (N-methyl/N-ethyl adjacent to an activating group) is 1. The molecule has 9 heteroatoms. The maximum absolute atomic E-state index is 13.3. The molecule has 0 atom stereocenters. The van der Waals surface area contributed by atoms with Gasteiger partial charge in [0.05, 0.1) is 20.0 Å². The van der Waals surface area contributed by atoms with Crippen LogP contribution < -0.4 is 4.74 Å². The number of amides is 2. The number of hydrogen-bond acceptors (Lipinski definition) is 6. The van der Waals surface area contributed by atoms with Crippen LogP contribution in [0, 0.1) is 0 Å². The van der Waals surface area contributed by atoms with Gasteiger partial charge in [-0.25, -0.2) is 9.18 Å². The van der Waals surface area contributed by atoms with E-state index in [-0.39, 0.29) is 31.2 Å². The number of esters is 1. The van der Waals surface area contributed by atoms with Crippen molar-refractivity contribution in [1.29, 1.82) is 0 Å². The smallest absolute Gasteiger partial charge is 0.410 e. The zero-order valence-electron chi connectivity index (χ0n) is 18.6. The number of hydrogen-bond donors (Lipinski definition) is 0. The van der Waals surface area contributed by atoms with Crippen LogP contribution in [0.25, 0.3) is 0 Å². The largest absolute Gasteiger partial charge is 0.489 e. The number of halogens is 1. The Morgan fingerprint density at radius 2 is 2.00 bits per heavy atom. The van der Waals surface area contributed by atoms with E-state index in [1.807, 2.05) is 0 Å². The van der Waals surface area contributed by atoms with E-state index in [2.05, 4.69) is 4.74 Å². The predicted octanol–water partition coefficient (Wildman–Crippen LogP) is 2.96. The molecule has 8 nitrogen and oxygen atoms in total. The number of benzene rings is 1. The lowest BCUT2D eigenvalue weighted by molar-refractivity contribution is -0.141. The van der Waals surface area contributed by atoms with Gasteiger partial charge in [0.2, 0.25) is 0 Å². The summed E-state index contributed by atoms with van der Waals surface area (Å²) in [4.78, 5) is 38.7. The van der Waals surface area contributed by atoms with Gasteiger partial charge in [-0.3, -0.25) is 9.59 Å². The van der Waals surface area contributed by atoms with Crippen LogP contribution in [0.4, 0.5) is 9.18 Å². The summed E-state index contributed by atoms with van der Waals surface area (Å²) in [7, 11) is 2.79. The first-order valence-electron chi connectivity index (χ1n) is 9.88. The fourth-order valence-electron chi connectivity index (χ4n) is 2.97. The molecule has 0 N–H and O–H groups in total. The summed E-state index contributed by atoms with van der Waals surface area (Å²) >= 11 is 0. The molecule has 0 unspecified atom stereocenters. The number of fused-ring (bicyclic) bond motifs is 1. The number of carbonyl (C=O) groups excluding carboxylic acids is 3. The van der Waals surface area contributed by atoms with Gasteiger partial charge < -0.3 is 24.0 Å². The van der Waals surface area contributed by atoms with Crippen LogP contribution in [0.2, 0.25) is 0 Å². The molecule has 0 radical (unpaired) electrons. The molecule has 1 aromatic rings. The lowest BCUT2D eigenvalue weighted by Crippen LogP contribution is -2.41. The molecule has 1 aliphatic rings. The Labute approximate surface area is 181 Å². The summed E-state index contributed by atoms with van der Waals surface area (Å²) in [6.07, 6.45) is 0.409. The Hall–Kier alpha value is -3.10. The van der Waals surface area contributed by atoms with Crippen molar-refractivity contribution in [3.63, 3.8) is 0 Å². The number of methoxy groups -OCH3 is 1. The Morgan fingerprint density at radius 3 is 2.61 bits per heavy atom. The van der Waals surface area contributed by atoms with Crippen LogP contribution in [0.5, 0.6) is 5.75 Å². The molecule has 0 saturated carbocycles. The fourth-order valence-corrected chi connectivity index (χ4v) is 2.97. The average Bonchev–Trinajstić information content (AvgIpc) is 2.71. The van der Waals surface area contributed by atoms with Crippen molar-refractivity contribution in [1.82, 2.24) is 9.80 Å². The van der Waals surface area contributed by atoms with E-state index in [0.717, 1.165) is 5.56 Å². The summed E-state index contributed by atoms with van der Waals surface area (Å²) in [5, 5.41) is 0. The maximum Gasteiger partial charge on any atom is 0.410 e. The van der Waals surface area contributed by atoms with Gasteiger partial charge in [0.1, 0.15) is 24.5 Å². The van der Waals surface area contributed by atoms with Crippen LogP contribution in [-0.4, -0.2) is 73.8 Å². The number of carbonyl (C=O) groups is 3. The maximum atomic E-state index is 13.3. The van der Waals surface area contributed by atoms with Crippen LogP contribution in [-0.2, 0) is 20.7 Å². The second kappa shape index (κ2) is 10.3. The second-order valence-corrected chi connectivity index (χ2v) is 8.26. The average molecular weight is 436 g/mol. The van der Waals surface area contributed by atoms with Crippen molar-refractivity contribution >= 4 is 18.0 Å². The third-order valence-electron chi connectivity index (χ3n) is 4.52. The van der Waals surface area contributed by atoms with Crippen LogP contribution in [0.3, 0.4) is 0 Å². The molecule has 31 heavy (non-hydrogen) atoms. The van der Waals surface area contributed by atoms with Gasteiger partial charge in [0.15, 0.2) is 0 Å². The van der Waals surface area contributed by atoms with Gasteiger partial charge in [0.25, 0.3) is 5.91 Å². The van der Waals surface area contributed by atoms with Gasteiger partial charge in [-0.2, -0.15) is 0 Å².